The van der Waals surface area contributed by atoms with Crippen LogP contribution in [0.5, 0.6) is 5.88 Å². The van der Waals surface area contributed by atoms with Crippen molar-refractivity contribution in [3.05, 3.63) is 59.6 Å². The van der Waals surface area contributed by atoms with E-state index in [2.05, 4.69) is 22.1 Å². The minimum Gasteiger partial charge on any atom is -0.476 e. The van der Waals surface area contributed by atoms with Crippen molar-refractivity contribution in [2.24, 2.45) is 0 Å². The summed E-state index contributed by atoms with van der Waals surface area (Å²) in [6.07, 6.45) is 0.897. The fourth-order valence-corrected chi connectivity index (χ4v) is 2.24. The van der Waals surface area contributed by atoms with Gasteiger partial charge in [0.1, 0.15) is 0 Å². The van der Waals surface area contributed by atoms with Gasteiger partial charge in [-0.25, -0.2) is 0 Å². The molecule has 5 heteroatoms. The minimum absolute atomic E-state index is 0.498. The molecule has 0 aliphatic rings. The first-order chi connectivity index (χ1) is 11.3. The van der Waals surface area contributed by atoms with Gasteiger partial charge >= 0.3 is 0 Å². The molecular formula is C18H16ClN3O. The molecule has 3 rings (SSSR count). The monoisotopic (exact) mass is 325 g/mol. The Morgan fingerprint density at radius 3 is 2.35 bits per heavy atom. The smallest absolute Gasteiger partial charge is 0.244 e. The summed E-state index contributed by atoms with van der Waals surface area (Å²) in [7, 11) is 0. The third-order valence-corrected chi connectivity index (χ3v) is 3.50. The van der Waals surface area contributed by atoms with Gasteiger partial charge in [-0.15, -0.1) is 10.2 Å². The highest BCUT2D eigenvalue weighted by molar-refractivity contribution is 6.30. The molecule has 3 aromatic rings. The SMILES string of the molecule is CCCOc1nc(-c2ccc(Cl)cc2)nnc1-c1ccccc1. The minimum atomic E-state index is 0.498. The number of rotatable bonds is 5. The first-order valence-corrected chi connectivity index (χ1v) is 7.84. The summed E-state index contributed by atoms with van der Waals surface area (Å²) in [5.74, 6) is 1.02. The van der Waals surface area contributed by atoms with Crippen LogP contribution in [-0.2, 0) is 0 Å². The van der Waals surface area contributed by atoms with E-state index in [-0.39, 0.29) is 0 Å². The molecule has 0 amide bonds. The third-order valence-electron chi connectivity index (χ3n) is 3.25. The van der Waals surface area contributed by atoms with Crippen LogP contribution >= 0.6 is 11.6 Å². The van der Waals surface area contributed by atoms with Gasteiger partial charge in [-0.1, -0.05) is 48.9 Å². The molecule has 0 spiro atoms. The number of benzene rings is 2. The first kappa shape index (κ1) is 15.4. The maximum Gasteiger partial charge on any atom is 0.244 e. The van der Waals surface area contributed by atoms with Crippen molar-refractivity contribution < 1.29 is 4.74 Å². The van der Waals surface area contributed by atoms with Crippen LogP contribution in [-0.4, -0.2) is 21.8 Å². The Labute approximate surface area is 140 Å². The molecule has 0 saturated heterocycles. The number of hydrogen-bond acceptors (Lipinski definition) is 4. The second kappa shape index (κ2) is 7.20. The van der Waals surface area contributed by atoms with Gasteiger partial charge in [0.2, 0.25) is 5.88 Å². The average Bonchev–Trinajstić information content (AvgIpc) is 2.61. The second-order valence-electron chi connectivity index (χ2n) is 5.01. The molecule has 0 unspecified atom stereocenters. The van der Waals surface area contributed by atoms with E-state index >= 15 is 0 Å². The van der Waals surface area contributed by atoms with Gasteiger partial charge in [-0.2, -0.15) is 4.98 Å². The standard InChI is InChI=1S/C18H16ClN3O/c1-2-12-23-18-16(13-6-4-3-5-7-13)21-22-17(20-18)14-8-10-15(19)11-9-14/h3-11H,2,12H2,1H3. The summed E-state index contributed by atoms with van der Waals surface area (Å²) in [4.78, 5) is 4.55. The van der Waals surface area contributed by atoms with E-state index in [9.17, 15) is 0 Å². The average molecular weight is 326 g/mol. The molecule has 2 aromatic carbocycles. The Morgan fingerprint density at radius 2 is 1.65 bits per heavy atom. The van der Waals surface area contributed by atoms with E-state index in [1.54, 1.807) is 12.1 Å². The van der Waals surface area contributed by atoms with E-state index < -0.39 is 0 Å². The highest BCUT2D eigenvalue weighted by atomic mass is 35.5. The number of ether oxygens (including phenoxy) is 1. The molecule has 0 atom stereocenters. The van der Waals surface area contributed by atoms with Crippen molar-refractivity contribution in [1.29, 1.82) is 0 Å². The van der Waals surface area contributed by atoms with Crippen LogP contribution in [0.1, 0.15) is 13.3 Å². The zero-order chi connectivity index (χ0) is 16.1. The van der Waals surface area contributed by atoms with Crippen molar-refractivity contribution in [2.75, 3.05) is 6.61 Å². The van der Waals surface area contributed by atoms with E-state index in [0.29, 0.717) is 29.0 Å². The molecule has 0 fully saturated rings. The number of hydrogen-bond donors (Lipinski definition) is 0. The molecule has 4 nitrogen and oxygen atoms in total. The Morgan fingerprint density at radius 1 is 0.913 bits per heavy atom. The maximum atomic E-state index is 5.92. The third kappa shape index (κ3) is 3.66. The van der Waals surface area contributed by atoms with Gasteiger partial charge in [-0.05, 0) is 30.7 Å². The van der Waals surface area contributed by atoms with E-state index in [1.165, 1.54) is 0 Å². The molecule has 0 bridgehead atoms. The van der Waals surface area contributed by atoms with Gasteiger partial charge in [-0.3, -0.25) is 0 Å². The summed E-state index contributed by atoms with van der Waals surface area (Å²) >= 11 is 5.92. The summed E-state index contributed by atoms with van der Waals surface area (Å²) in [6.45, 7) is 2.63. The van der Waals surface area contributed by atoms with Gasteiger partial charge in [0.25, 0.3) is 0 Å². The topological polar surface area (TPSA) is 47.9 Å². The molecular weight excluding hydrogens is 310 g/mol. The fourth-order valence-electron chi connectivity index (χ4n) is 2.11. The van der Waals surface area contributed by atoms with Crippen molar-refractivity contribution in [3.63, 3.8) is 0 Å². The predicted octanol–water partition coefficient (Wildman–Crippen LogP) is 4.65. The Kier molecular flexibility index (Phi) is 4.83. The number of nitrogens with zero attached hydrogens (tertiary/aromatic N) is 3. The molecule has 23 heavy (non-hydrogen) atoms. The lowest BCUT2D eigenvalue weighted by Gasteiger charge is -2.10. The molecule has 0 aliphatic carbocycles. The lowest BCUT2D eigenvalue weighted by Crippen LogP contribution is -2.04. The molecule has 0 aliphatic heterocycles. The Balaban J connectivity index is 2.03. The summed E-state index contributed by atoms with van der Waals surface area (Å²) < 4.78 is 5.79. The maximum absolute atomic E-state index is 5.92. The van der Waals surface area contributed by atoms with Crippen molar-refractivity contribution in [2.45, 2.75) is 13.3 Å². The van der Waals surface area contributed by atoms with E-state index in [4.69, 9.17) is 16.3 Å². The normalized spacial score (nSPS) is 10.5. The summed E-state index contributed by atoms with van der Waals surface area (Å²) in [5.41, 5.74) is 2.43. The van der Waals surface area contributed by atoms with Crippen LogP contribution in [0.4, 0.5) is 0 Å². The Bertz CT molecular complexity index is 776. The van der Waals surface area contributed by atoms with Gasteiger partial charge < -0.3 is 4.74 Å². The van der Waals surface area contributed by atoms with Crippen LogP contribution < -0.4 is 4.74 Å². The summed E-state index contributed by atoms with van der Waals surface area (Å²) in [5, 5.41) is 9.24. The fraction of sp³-hybridized carbons (Fsp3) is 0.167. The first-order valence-electron chi connectivity index (χ1n) is 7.47. The van der Waals surface area contributed by atoms with Gasteiger partial charge in [0.15, 0.2) is 11.5 Å². The zero-order valence-corrected chi connectivity index (χ0v) is 13.5. The van der Waals surface area contributed by atoms with Crippen LogP contribution in [0.25, 0.3) is 22.6 Å². The van der Waals surface area contributed by atoms with Crippen molar-refractivity contribution in [3.8, 4) is 28.5 Å². The molecule has 0 saturated carbocycles. The van der Waals surface area contributed by atoms with E-state index in [1.807, 2.05) is 42.5 Å². The van der Waals surface area contributed by atoms with Crippen LogP contribution in [0.15, 0.2) is 54.6 Å². The highest BCUT2D eigenvalue weighted by Crippen LogP contribution is 2.28. The quantitative estimate of drug-likeness (QED) is 0.685. The van der Waals surface area contributed by atoms with Crippen molar-refractivity contribution >= 4 is 11.6 Å². The largest absolute Gasteiger partial charge is 0.476 e. The zero-order valence-electron chi connectivity index (χ0n) is 12.7. The highest BCUT2D eigenvalue weighted by Gasteiger charge is 2.13. The van der Waals surface area contributed by atoms with Crippen LogP contribution in [0, 0.1) is 0 Å². The van der Waals surface area contributed by atoms with Crippen LogP contribution in [0.3, 0.4) is 0 Å². The summed E-state index contributed by atoms with van der Waals surface area (Å²) in [6, 6.07) is 17.1. The number of halogens is 1. The molecule has 116 valence electrons. The second-order valence-corrected chi connectivity index (χ2v) is 5.45. The molecule has 0 radical (unpaired) electrons. The van der Waals surface area contributed by atoms with Gasteiger partial charge in [0, 0.05) is 16.1 Å². The van der Waals surface area contributed by atoms with Gasteiger partial charge in [0.05, 0.1) is 6.61 Å². The molecule has 1 aromatic heterocycles. The van der Waals surface area contributed by atoms with Crippen LogP contribution in [0.2, 0.25) is 5.02 Å². The van der Waals surface area contributed by atoms with Crippen molar-refractivity contribution in [1.82, 2.24) is 15.2 Å². The lowest BCUT2D eigenvalue weighted by molar-refractivity contribution is 0.305. The lowest BCUT2D eigenvalue weighted by atomic mass is 10.1. The predicted molar refractivity (Wildman–Crippen MR) is 91.5 cm³/mol. The Hall–Kier alpha value is -2.46. The van der Waals surface area contributed by atoms with E-state index in [0.717, 1.165) is 17.5 Å². The molecule has 1 heterocycles. The number of aromatic nitrogens is 3. The molecule has 0 N–H and O–H groups in total.